The Morgan fingerprint density at radius 3 is 2.38 bits per heavy atom. The standard InChI is InChI=1S/C36H43F2N7O7S/c1-20-14-26-31(39-15-20)51-36(17-43(18-36)33(47)52-34(4,5)6)19-44(53(26,48)49)16-25-21(2)10-11-24(40-25)27(35(7,8)32(46)50-9)23-12-13-45-29(22(23)3)41-42-30(45)28(37)38/h10-15,27-28H,16-19H2,1-9H3. The summed E-state index contributed by atoms with van der Waals surface area (Å²) in [5, 5.41) is 7.69. The molecular formula is C36H43F2N7O7S. The van der Waals surface area contributed by atoms with Crippen LogP contribution in [0.4, 0.5) is 13.6 Å². The van der Waals surface area contributed by atoms with Gasteiger partial charge < -0.3 is 14.2 Å². The van der Waals surface area contributed by atoms with Gasteiger partial charge in [0.05, 0.1) is 44.4 Å². The molecule has 0 bridgehead atoms. The highest BCUT2D eigenvalue weighted by Gasteiger charge is 2.54. The van der Waals surface area contributed by atoms with Crippen molar-refractivity contribution in [3.05, 3.63) is 76.1 Å². The van der Waals surface area contributed by atoms with Crippen LogP contribution >= 0.6 is 0 Å². The Morgan fingerprint density at radius 1 is 1.04 bits per heavy atom. The molecule has 14 nitrogen and oxygen atoms in total. The molecule has 4 aromatic rings. The molecule has 0 N–H and O–H groups in total. The summed E-state index contributed by atoms with van der Waals surface area (Å²) in [5.41, 5.74) is 0.287. The van der Waals surface area contributed by atoms with Crippen LogP contribution in [0.1, 0.15) is 86.4 Å². The van der Waals surface area contributed by atoms with E-state index in [2.05, 4.69) is 15.2 Å². The molecule has 0 radical (unpaired) electrons. The molecule has 1 spiro atoms. The second-order valence-electron chi connectivity index (χ2n) is 15.3. The van der Waals surface area contributed by atoms with E-state index in [1.165, 1.54) is 39.2 Å². The van der Waals surface area contributed by atoms with E-state index >= 15 is 0 Å². The molecule has 1 amide bonds. The van der Waals surface area contributed by atoms with Gasteiger partial charge in [0, 0.05) is 24.0 Å². The lowest BCUT2D eigenvalue weighted by Gasteiger charge is -2.49. The molecule has 1 fully saturated rings. The predicted octanol–water partition coefficient (Wildman–Crippen LogP) is 5.29. The van der Waals surface area contributed by atoms with E-state index in [0.717, 1.165) is 0 Å². The summed E-state index contributed by atoms with van der Waals surface area (Å²) in [4.78, 5) is 36.9. The van der Waals surface area contributed by atoms with Crippen LogP contribution in [0, 0.1) is 26.2 Å². The van der Waals surface area contributed by atoms with Crippen LogP contribution in [-0.4, -0.2) is 92.2 Å². The number of amides is 1. The summed E-state index contributed by atoms with van der Waals surface area (Å²) in [6, 6.07) is 6.68. The molecule has 1 saturated heterocycles. The van der Waals surface area contributed by atoms with E-state index in [1.807, 2.05) is 0 Å². The number of alkyl halides is 2. The van der Waals surface area contributed by atoms with Crippen molar-refractivity contribution in [3.63, 3.8) is 0 Å². The first-order valence-corrected chi connectivity index (χ1v) is 18.4. The first-order chi connectivity index (χ1) is 24.7. The number of fused-ring (bicyclic) bond motifs is 2. The average molecular weight is 756 g/mol. The molecular weight excluding hydrogens is 713 g/mol. The first kappa shape index (κ1) is 38.0. The van der Waals surface area contributed by atoms with E-state index in [4.69, 9.17) is 19.2 Å². The van der Waals surface area contributed by atoms with Crippen molar-refractivity contribution in [2.24, 2.45) is 5.41 Å². The third kappa shape index (κ3) is 6.91. The molecule has 4 aromatic heterocycles. The van der Waals surface area contributed by atoms with E-state index in [1.54, 1.807) is 73.6 Å². The number of nitrogens with zero attached hydrogens (tertiary/aromatic N) is 7. The Morgan fingerprint density at radius 2 is 1.74 bits per heavy atom. The van der Waals surface area contributed by atoms with Gasteiger partial charge in [0.2, 0.25) is 21.7 Å². The molecule has 1 atom stereocenters. The Bertz CT molecular complexity index is 2210. The number of aryl methyl sites for hydroxylation is 3. The summed E-state index contributed by atoms with van der Waals surface area (Å²) in [6.07, 6.45) is -0.444. The predicted molar refractivity (Wildman–Crippen MR) is 187 cm³/mol. The van der Waals surface area contributed by atoms with Gasteiger partial charge in [0.15, 0.2) is 11.2 Å². The lowest BCUT2D eigenvalue weighted by molar-refractivity contribution is -0.151. The Kier molecular flexibility index (Phi) is 9.50. The quantitative estimate of drug-likeness (QED) is 0.226. The summed E-state index contributed by atoms with van der Waals surface area (Å²) in [7, 11) is -2.94. The van der Waals surface area contributed by atoms with Gasteiger partial charge in [-0.25, -0.2) is 27.0 Å². The average Bonchev–Trinajstić information content (AvgIpc) is 3.46. The topological polar surface area (TPSA) is 158 Å². The molecule has 6 rings (SSSR count). The minimum atomic E-state index is -4.22. The molecule has 6 heterocycles. The van der Waals surface area contributed by atoms with Crippen LogP contribution < -0.4 is 4.74 Å². The zero-order chi connectivity index (χ0) is 38.8. The molecule has 0 saturated carbocycles. The van der Waals surface area contributed by atoms with Crippen molar-refractivity contribution in [1.82, 2.24) is 33.8 Å². The van der Waals surface area contributed by atoms with Gasteiger partial charge in [-0.2, -0.15) is 4.31 Å². The molecule has 284 valence electrons. The van der Waals surface area contributed by atoms with Crippen LogP contribution in [-0.2, 0) is 30.8 Å². The van der Waals surface area contributed by atoms with Crippen molar-refractivity contribution in [2.75, 3.05) is 26.7 Å². The molecule has 0 aromatic carbocycles. The monoisotopic (exact) mass is 755 g/mol. The van der Waals surface area contributed by atoms with E-state index in [-0.39, 0.29) is 42.6 Å². The number of methoxy groups -OCH3 is 1. The number of hydrogen-bond donors (Lipinski definition) is 0. The van der Waals surface area contributed by atoms with Gasteiger partial charge in [-0.3, -0.25) is 19.1 Å². The number of sulfonamides is 1. The fourth-order valence-electron chi connectivity index (χ4n) is 6.94. The summed E-state index contributed by atoms with van der Waals surface area (Å²) in [6.45, 7) is 13.7. The minimum Gasteiger partial charge on any atom is -0.469 e. The SMILES string of the molecule is COC(=O)C(C)(C)C(c1ccc(C)c(CN2CC3(CN(C(=O)OC(C)(C)C)C3)Oc3ncc(C)cc3S2(=O)=O)n1)c1ccn2c(C(F)F)nnc2c1C. The lowest BCUT2D eigenvalue weighted by Crippen LogP contribution is -2.70. The third-order valence-electron chi connectivity index (χ3n) is 9.64. The number of aromatic nitrogens is 5. The molecule has 2 aliphatic heterocycles. The molecule has 0 aliphatic carbocycles. The van der Waals surface area contributed by atoms with Crippen molar-refractivity contribution in [3.8, 4) is 5.88 Å². The fraction of sp³-hybridized carbons (Fsp3) is 0.500. The van der Waals surface area contributed by atoms with Crippen molar-refractivity contribution < 1.29 is 41.0 Å². The van der Waals surface area contributed by atoms with Crippen LogP contribution in [0.5, 0.6) is 5.88 Å². The van der Waals surface area contributed by atoms with Gasteiger partial charge in [-0.05, 0) is 95.8 Å². The molecule has 1 unspecified atom stereocenters. The Labute approximate surface area is 306 Å². The summed E-state index contributed by atoms with van der Waals surface area (Å²) < 4.78 is 75.8. The van der Waals surface area contributed by atoms with Gasteiger partial charge >= 0.3 is 12.1 Å². The second kappa shape index (κ2) is 13.3. The number of pyridine rings is 3. The van der Waals surface area contributed by atoms with Gasteiger partial charge in [0.1, 0.15) is 10.5 Å². The number of hydrogen-bond acceptors (Lipinski definition) is 11. The van der Waals surface area contributed by atoms with Gasteiger partial charge in [-0.1, -0.05) is 6.07 Å². The van der Waals surface area contributed by atoms with E-state index < -0.39 is 56.9 Å². The maximum Gasteiger partial charge on any atom is 0.410 e. The second-order valence-corrected chi connectivity index (χ2v) is 17.2. The molecule has 17 heteroatoms. The number of halogens is 2. The van der Waals surface area contributed by atoms with Gasteiger partial charge in [0.25, 0.3) is 6.43 Å². The van der Waals surface area contributed by atoms with Crippen molar-refractivity contribution in [2.45, 2.75) is 90.4 Å². The number of likely N-dealkylation sites (tertiary alicyclic amines) is 1. The maximum absolute atomic E-state index is 14.4. The number of esters is 1. The first-order valence-electron chi connectivity index (χ1n) is 17.0. The Hall–Kier alpha value is -4.77. The third-order valence-corrected chi connectivity index (χ3v) is 11.4. The fourth-order valence-corrected chi connectivity index (χ4v) is 8.56. The van der Waals surface area contributed by atoms with Crippen LogP contribution in [0.2, 0.25) is 0 Å². The number of rotatable bonds is 7. The van der Waals surface area contributed by atoms with Gasteiger partial charge in [-0.15, -0.1) is 10.2 Å². The van der Waals surface area contributed by atoms with Crippen LogP contribution in [0.3, 0.4) is 0 Å². The van der Waals surface area contributed by atoms with E-state index in [9.17, 15) is 26.8 Å². The lowest BCUT2D eigenvalue weighted by atomic mass is 9.72. The normalized spacial score (nSPS) is 17.5. The maximum atomic E-state index is 14.4. The highest BCUT2D eigenvalue weighted by atomic mass is 32.2. The van der Waals surface area contributed by atoms with Crippen LogP contribution in [0.25, 0.3) is 5.65 Å². The summed E-state index contributed by atoms with van der Waals surface area (Å²) >= 11 is 0. The van der Waals surface area contributed by atoms with Crippen LogP contribution in [0.15, 0.2) is 41.6 Å². The molecule has 53 heavy (non-hydrogen) atoms. The number of ether oxygens (including phenoxy) is 3. The van der Waals surface area contributed by atoms with E-state index in [0.29, 0.717) is 33.6 Å². The minimum absolute atomic E-state index is 0.0580. The van der Waals surface area contributed by atoms with Crippen molar-refractivity contribution >= 4 is 27.7 Å². The zero-order valence-electron chi connectivity index (χ0n) is 31.1. The number of carbonyl (C=O) groups is 2. The smallest absolute Gasteiger partial charge is 0.410 e. The number of carbonyl (C=O) groups excluding carboxylic acids is 2. The highest BCUT2D eigenvalue weighted by molar-refractivity contribution is 7.89. The summed E-state index contributed by atoms with van der Waals surface area (Å²) in [5.74, 6) is -1.91. The largest absolute Gasteiger partial charge is 0.469 e. The van der Waals surface area contributed by atoms with Crippen molar-refractivity contribution in [1.29, 1.82) is 0 Å². The highest BCUT2D eigenvalue weighted by Crippen LogP contribution is 2.44. The Balaban J connectivity index is 1.42. The zero-order valence-corrected chi connectivity index (χ0v) is 31.9. The molecule has 2 aliphatic rings.